The van der Waals surface area contributed by atoms with Crippen molar-refractivity contribution in [1.29, 1.82) is 0 Å². The van der Waals surface area contributed by atoms with Crippen molar-refractivity contribution in [3.05, 3.63) is 49.2 Å². The molecule has 2 heterocycles. The Bertz CT molecular complexity index is 1030. The molecule has 6 nitrogen and oxygen atoms in total. The number of carboxylic acids is 1. The van der Waals surface area contributed by atoms with E-state index in [0.29, 0.717) is 15.8 Å². The van der Waals surface area contributed by atoms with Crippen LogP contribution >= 0.6 is 23.6 Å². The molecule has 1 aliphatic heterocycles. The highest BCUT2D eigenvalue weighted by Gasteiger charge is 2.16. The quantitative estimate of drug-likeness (QED) is 0.641. The Balaban J connectivity index is 2.10. The van der Waals surface area contributed by atoms with Gasteiger partial charge in [-0.05, 0) is 30.4 Å². The van der Waals surface area contributed by atoms with Gasteiger partial charge in [0.2, 0.25) is 5.88 Å². The molecule has 0 spiro atoms. The van der Waals surface area contributed by atoms with Crippen molar-refractivity contribution in [1.82, 2.24) is 4.57 Å². The summed E-state index contributed by atoms with van der Waals surface area (Å²) in [4.78, 5) is 27.2. The molecule has 1 aromatic heterocycles. The highest BCUT2D eigenvalue weighted by molar-refractivity contribution is 7.73. The number of carboxylic acid groups (broad SMARTS) is 1. The number of hydrogen-bond donors (Lipinski definition) is 2. The first-order valence-corrected chi connectivity index (χ1v) is 7.74. The van der Waals surface area contributed by atoms with E-state index in [9.17, 15) is 14.7 Å². The van der Waals surface area contributed by atoms with Crippen LogP contribution in [0.2, 0.25) is 0 Å². The summed E-state index contributed by atoms with van der Waals surface area (Å²) in [5.74, 6) is -1.81. The number of carbonyl (C=O) groups excluding carboxylic acids is 1. The average Bonchev–Trinajstić information content (AvgIpc) is 2.75. The first kappa shape index (κ1) is 15.3. The fourth-order valence-electron chi connectivity index (χ4n) is 2.14. The molecule has 0 aliphatic carbocycles. The van der Waals surface area contributed by atoms with Gasteiger partial charge in [0.15, 0.2) is 3.95 Å². The molecular formula is C15H10N2O4S2. The van der Waals surface area contributed by atoms with Crippen molar-refractivity contribution in [3.63, 3.8) is 0 Å². The number of aliphatic carboxylic acids is 1. The lowest BCUT2D eigenvalue weighted by atomic mass is 10.1. The maximum Gasteiger partial charge on any atom is 0.323 e. The van der Waals surface area contributed by atoms with E-state index in [2.05, 4.69) is 4.99 Å². The first-order chi connectivity index (χ1) is 11.0. The molecule has 0 atom stereocenters. The molecule has 0 saturated heterocycles. The van der Waals surface area contributed by atoms with Crippen LogP contribution in [0, 0.1) is 3.95 Å². The molecule has 1 amide bonds. The Labute approximate surface area is 139 Å². The monoisotopic (exact) mass is 346 g/mol. The number of thiazole rings is 1. The molecule has 2 aromatic rings. The Hall–Kier alpha value is -2.58. The molecule has 1 aromatic carbocycles. The maximum absolute atomic E-state index is 12.1. The predicted octanol–water partition coefficient (Wildman–Crippen LogP) is 1.09. The number of hydrogen-bond acceptors (Lipinski definition) is 5. The molecular weight excluding hydrogens is 336 g/mol. The second-order valence-corrected chi connectivity index (χ2v) is 6.43. The van der Waals surface area contributed by atoms with Crippen molar-refractivity contribution in [2.75, 3.05) is 0 Å². The van der Waals surface area contributed by atoms with Crippen LogP contribution in [0.25, 0.3) is 12.2 Å². The number of carbonyl (C=O) groups is 2. The van der Waals surface area contributed by atoms with E-state index in [0.717, 1.165) is 21.1 Å². The maximum atomic E-state index is 12.1. The zero-order valence-electron chi connectivity index (χ0n) is 11.6. The summed E-state index contributed by atoms with van der Waals surface area (Å²) >= 11 is 6.08. The van der Waals surface area contributed by atoms with E-state index in [1.165, 1.54) is 6.08 Å². The Morgan fingerprint density at radius 3 is 2.87 bits per heavy atom. The molecule has 1 aliphatic rings. The highest BCUT2D eigenvalue weighted by Crippen LogP contribution is 2.29. The minimum atomic E-state index is -1.11. The fourth-order valence-corrected chi connectivity index (χ4v) is 3.40. The van der Waals surface area contributed by atoms with E-state index in [1.54, 1.807) is 18.2 Å². The number of para-hydroxylation sites is 1. The van der Waals surface area contributed by atoms with Crippen molar-refractivity contribution < 1.29 is 19.8 Å². The third-order valence-electron chi connectivity index (χ3n) is 3.19. The van der Waals surface area contributed by atoms with E-state index in [1.807, 2.05) is 12.1 Å². The summed E-state index contributed by atoms with van der Waals surface area (Å²) in [5, 5.41) is 20.3. The summed E-state index contributed by atoms with van der Waals surface area (Å²) in [6.45, 7) is -0.435. The Morgan fingerprint density at radius 1 is 1.39 bits per heavy atom. The predicted molar refractivity (Wildman–Crippen MR) is 87.1 cm³/mol. The van der Waals surface area contributed by atoms with Gasteiger partial charge in [-0.2, -0.15) is 0 Å². The Kier molecular flexibility index (Phi) is 3.93. The van der Waals surface area contributed by atoms with Crippen LogP contribution in [-0.2, 0) is 16.1 Å². The summed E-state index contributed by atoms with van der Waals surface area (Å²) in [7, 11) is 0. The summed E-state index contributed by atoms with van der Waals surface area (Å²) in [6.07, 6.45) is 3.14. The Morgan fingerprint density at radius 2 is 2.13 bits per heavy atom. The van der Waals surface area contributed by atoms with Gasteiger partial charge in [0.25, 0.3) is 5.91 Å². The molecule has 2 N–H and O–H groups in total. The second kappa shape index (κ2) is 5.90. The van der Waals surface area contributed by atoms with Gasteiger partial charge in [-0.3, -0.25) is 14.2 Å². The number of aromatic hydroxyl groups is 1. The standard InChI is InChI=1S/C15H10N2O4S2/c18-12(19)7-17-14(21)11(23-15(17)22)6-9-5-8-3-1-2-4-10(8)16-13(9)20/h1-6,21H,7H2,(H,18,19)/b9-6-. The molecule has 3 rings (SSSR count). The molecule has 0 saturated carbocycles. The molecule has 0 radical (unpaired) electrons. The van der Waals surface area contributed by atoms with Gasteiger partial charge in [-0.25, -0.2) is 4.99 Å². The SMILES string of the molecule is O=C(O)Cn1c(O)c(/C=C2/C=c3ccccc3=NC2=O)sc1=S. The van der Waals surface area contributed by atoms with Crippen LogP contribution in [0.5, 0.6) is 5.88 Å². The second-order valence-electron chi connectivity index (χ2n) is 4.76. The third kappa shape index (κ3) is 2.99. The molecule has 8 heteroatoms. The number of benzene rings is 1. The van der Waals surface area contributed by atoms with Gasteiger partial charge in [-0.1, -0.05) is 18.2 Å². The number of aromatic nitrogens is 1. The van der Waals surface area contributed by atoms with E-state index in [-0.39, 0.29) is 9.83 Å². The molecule has 116 valence electrons. The lowest BCUT2D eigenvalue weighted by Gasteiger charge is -2.03. The zero-order valence-corrected chi connectivity index (χ0v) is 13.2. The smallest absolute Gasteiger partial charge is 0.323 e. The largest absolute Gasteiger partial charge is 0.493 e. The number of fused-ring (bicyclic) bond motifs is 1. The number of rotatable bonds is 3. The topological polar surface area (TPSA) is 91.9 Å². The summed E-state index contributed by atoms with van der Waals surface area (Å²) < 4.78 is 1.32. The van der Waals surface area contributed by atoms with E-state index >= 15 is 0 Å². The first-order valence-electron chi connectivity index (χ1n) is 6.51. The van der Waals surface area contributed by atoms with Gasteiger partial charge < -0.3 is 10.2 Å². The normalized spacial score (nSPS) is 15.0. The molecule has 23 heavy (non-hydrogen) atoms. The number of amides is 1. The third-order valence-corrected chi connectivity index (χ3v) is 4.58. The number of nitrogens with zero attached hydrogens (tertiary/aromatic N) is 2. The zero-order chi connectivity index (χ0) is 16.6. The van der Waals surface area contributed by atoms with Gasteiger partial charge >= 0.3 is 5.97 Å². The van der Waals surface area contributed by atoms with Crippen molar-refractivity contribution in [2.45, 2.75) is 6.54 Å². The molecule has 0 fully saturated rings. The van der Waals surface area contributed by atoms with E-state index < -0.39 is 18.4 Å². The van der Waals surface area contributed by atoms with Crippen LogP contribution in [0.1, 0.15) is 4.88 Å². The van der Waals surface area contributed by atoms with Crippen molar-refractivity contribution >= 4 is 47.6 Å². The fraction of sp³-hybridized carbons (Fsp3) is 0.0667. The van der Waals surface area contributed by atoms with Gasteiger partial charge in [0, 0.05) is 10.8 Å². The lowest BCUT2D eigenvalue weighted by molar-refractivity contribution is -0.137. The highest BCUT2D eigenvalue weighted by atomic mass is 32.1. The van der Waals surface area contributed by atoms with Crippen LogP contribution in [-0.4, -0.2) is 26.7 Å². The van der Waals surface area contributed by atoms with Crippen LogP contribution in [0.15, 0.2) is 34.8 Å². The minimum absolute atomic E-state index is 0.220. The lowest BCUT2D eigenvalue weighted by Crippen LogP contribution is -2.29. The molecule has 0 bridgehead atoms. The summed E-state index contributed by atoms with van der Waals surface area (Å²) in [5.41, 5.74) is 0.303. The molecule has 0 unspecified atom stereocenters. The van der Waals surface area contributed by atoms with Gasteiger partial charge in [0.1, 0.15) is 6.54 Å². The van der Waals surface area contributed by atoms with Crippen molar-refractivity contribution in [2.24, 2.45) is 4.99 Å². The minimum Gasteiger partial charge on any atom is -0.493 e. The summed E-state index contributed by atoms with van der Waals surface area (Å²) in [6, 6.07) is 7.20. The van der Waals surface area contributed by atoms with Crippen LogP contribution in [0.4, 0.5) is 0 Å². The van der Waals surface area contributed by atoms with Crippen LogP contribution < -0.4 is 10.6 Å². The van der Waals surface area contributed by atoms with Gasteiger partial charge in [-0.15, -0.1) is 11.3 Å². The van der Waals surface area contributed by atoms with Crippen LogP contribution in [0.3, 0.4) is 0 Å². The van der Waals surface area contributed by atoms with E-state index in [4.69, 9.17) is 17.3 Å². The average molecular weight is 346 g/mol. The van der Waals surface area contributed by atoms with Crippen molar-refractivity contribution in [3.8, 4) is 5.88 Å². The van der Waals surface area contributed by atoms with Gasteiger partial charge in [0.05, 0.1) is 10.2 Å².